The first-order chi connectivity index (χ1) is 20.3. The van der Waals surface area contributed by atoms with Gasteiger partial charge in [0.05, 0.1) is 11.7 Å². The van der Waals surface area contributed by atoms with E-state index >= 15 is 0 Å². The van der Waals surface area contributed by atoms with Gasteiger partial charge in [0.1, 0.15) is 11.3 Å². The highest BCUT2D eigenvalue weighted by Crippen LogP contribution is 2.36. The minimum absolute atomic E-state index is 0.0652. The van der Waals surface area contributed by atoms with Gasteiger partial charge in [-0.3, -0.25) is 0 Å². The number of aliphatic hydroxyl groups excluding tert-OH is 1. The first kappa shape index (κ1) is 28.3. The lowest BCUT2D eigenvalue weighted by Crippen LogP contribution is -2.41. The Bertz CT molecular complexity index is 1540. The van der Waals surface area contributed by atoms with Gasteiger partial charge in [0.15, 0.2) is 17.9 Å². The van der Waals surface area contributed by atoms with E-state index in [1.807, 2.05) is 42.6 Å². The number of hydrogen-bond acceptors (Lipinski definition) is 8. The van der Waals surface area contributed by atoms with Gasteiger partial charge in [-0.25, -0.2) is 24.1 Å². The summed E-state index contributed by atoms with van der Waals surface area (Å²) in [6.45, 7) is 7.79. The van der Waals surface area contributed by atoms with E-state index in [1.54, 1.807) is 17.1 Å². The molecule has 4 aromatic rings. The van der Waals surface area contributed by atoms with Crippen LogP contribution in [0.3, 0.4) is 0 Å². The molecular weight excluding hydrogens is 534 g/mol. The lowest BCUT2D eigenvalue weighted by Gasteiger charge is -2.33. The van der Waals surface area contributed by atoms with Crippen molar-refractivity contribution in [2.45, 2.75) is 77.0 Å². The third-order valence-corrected chi connectivity index (χ3v) is 7.90. The largest absolute Gasteiger partial charge is 0.444 e. The Kier molecular flexibility index (Phi) is 7.96. The monoisotopic (exact) mass is 573 g/mol. The van der Waals surface area contributed by atoms with Gasteiger partial charge in [-0.15, -0.1) is 0 Å². The Labute approximate surface area is 245 Å². The molecule has 222 valence electrons. The third kappa shape index (κ3) is 6.03. The highest BCUT2D eigenvalue weighted by molar-refractivity contribution is 5.92. The molecule has 5 heterocycles. The molecule has 0 bridgehead atoms. The van der Waals surface area contributed by atoms with Gasteiger partial charge in [-0.2, -0.15) is 10.2 Å². The molecule has 1 aromatic carbocycles. The smallest absolute Gasteiger partial charge is 0.410 e. The van der Waals surface area contributed by atoms with Gasteiger partial charge < -0.3 is 19.5 Å². The average molecular weight is 574 g/mol. The molecule has 2 aliphatic rings. The van der Waals surface area contributed by atoms with Crippen LogP contribution in [0.5, 0.6) is 0 Å². The summed E-state index contributed by atoms with van der Waals surface area (Å²) in [5.41, 5.74) is 3.34. The SMILES string of the molecule is CC(C)(C)OC(=O)N1CCC(c2ccc3c(c2)c(-c2nccc(-n4cc(CCO)cn4)n2)nn3C2CCCCO2)CC1. The number of carbonyl (C=O) groups is 1. The first-order valence-corrected chi connectivity index (χ1v) is 14.9. The lowest BCUT2D eigenvalue weighted by molar-refractivity contribution is -0.0365. The number of ether oxygens (including phenoxy) is 2. The van der Waals surface area contributed by atoms with Crippen LogP contribution in [0.2, 0.25) is 0 Å². The van der Waals surface area contributed by atoms with Crippen LogP contribution in [-0.2, 0) is 15.9 Å². The van der Waals surface area contributed by atoms with Crippen LogP contribution < -0.4 is 0 Å². The molecule has 6 rings (SSSR count). The zero-order chi connectivity index (χ0) is 29.3. The number of aromatic nitrogens is 6. The Morgan fingerprint density at radius 2 is 1.98 bits per heavy atom. The number of piperidine rings is 1. The van der Waals surface area contributed by atoms with Crippen LogP contribution in [0.15, 0.2) is 42.9 Å². The van der Waals surface area contributed by atoms with Crippen LogP contribution in [0, 0.1) is 0 Å². The molecule has 1 unspecified atom stereocenters. The van der Waals surface area contributed by atoms with Crippen molar-refractivity contribution in [2.24, 2.45) is 0 Å². The number of benzene rings is 1. The van der Waals surface area contributed by atoms with Gasteiger partial charge in [-0.05, 0) is 88.5 Å². The number of amides is 1. The molecule has 2 saturated heterocycles. The molecule has 11 heteroatoms. The van der Waals surface area contributed by atoms with Gasteiger partial charge >= 0.3 is 6.09 Å². The molecule has 0 radical (unpaired) electrons. The molecule has 0 aliphatic carbocycles. The van der Waals surface area contributed by atoms with Gasteiger partial charge in [0.25, 0.3) is 0 Å². The molecule has 2 aliphatic heterocycles. The second kappa shape index (κ2) is 11.8. The van der Waals surface area contributed by atoms with Crippen molar-refractivity contribution in [3.8, 4) is 17.3 Å². The van der Waals surface area contributed by atoms with Crippen molar-refractivity contribution in [3.63, 3.8) is 0 Å². The fourth-order valence-electron chi connectivity index (χ4n) is 5.77. The van der Waals surface area contributed by atoms with Crippen LogP contribution in [-0.4, -0.2) is 77.5 Å². The number of rotatable bonds is 6. The minimum atomic E-state index is -0.504. The highest BCUT2D eigenvalue weighted by atomic mass is 16.6. The van der Waals surface area contributed by atoms with Gasteiger partial charge in [-0.1, -0.05) is 6.07 Å². The summed E-state index contributed by atoms with van der Waals surface area (Å²) in [6.07, 6.45) is 10.3. The van der Waals surface area contributed by atoms with E-state index in [2.05, 4.69) is 28.3 Å². The average Bonchev–Trinajstić information content (AvgIpc) is 3.62. The van der Waals surface area contributed by atoms with Crippen LogP contribution >= 0.6 is 0 Å². The predicted molar refractivity (Wildman–Crippen MR) is 157 cm³/mol. The fraction of sp³-hybridized carbons (Fsp3) is 0.516. The number of likely N-dealkylation sites (tertiary alicyclic amines) is 1. The van der Waals surface area contributed by atoms with E-state index in [4.69, 9.17) is 19.6 Å². The molecule has 42 heavy (non-hydrogen) atoms. The fourth-order valence-corrected chi connectivity index (χ4v) is 5.77. The normalized spacial score (nSPS) is 18.5. The van der Waals surface area contributed by atoms with E-state index in [1.165, 1.54) is 5.56 Å². The molecule has 1 N–H and O–H groups in total. The van der Waals surface area contributed by atoms with E-state index in [0.717, 1.165) is 55.2 Å². The zero-order valence-corrected chi connectivity index (χ0v) is 24.6. The van der Waals surface area contributed by atoms with Crippen molar-refractivity contribution in [3.05, 3.63) is 54.0 Å². The summed E-state index contributed by atoms with van der Waals surface area (Å²) in [6, 6.07) is 8.35. The maximum absolute atomic E-state index is 12.6. The van der Waals surface area contributed by atoms with Crippen LogP contribution in [0.4, 0.5) is 4.79 Å². The van der Waals surface area contributed by atoms with Crippen molar-refractivity contribution in [2.75, 3.05) is 26.3 Å². The molecule has 2 fully saturated rings. The zero-order valence-electron chi connectivity index (χ0n) is 24.6. The second-order valence-electron chi connectivity index (χ2n) is 12.1. The van der Waals surface area contributed by atoms with Crippen molar-refractivity contribution < 1.29 is 19.4 Å². The number of aliphatic hydroxyl groups is 1. The number of nitrogens with zero attached hydrogens (tertiary/aromatic N) is 7. The highest BCUT2D eigenvalue weighted by Gasteiger charge is 2.29. The summed E-state index contributed by atoms with van der Waals surface area (Å²) in [4.78, 5) is 23.9. The van der Waals surface area contributed by atoms with E-state index < -0.39 is 5.60 Å². The molecule has 1 amide bonds. The maximum Gasteiger partial charge on any atom is 0.410 e. The van der Waals surface area contributed by atoms with Crippen molar-refractivity contribution in [1.29, 1.82) is 0 Å². The predicted octanol–water partition coefficient (Wildman–Crippen LogP) is 5.03. The Balaban J connectivity index is 1.32. The summed E-state index contributed by atoms with van der Waals surface area (Å²) in [5.74, 6) is 1.46. The summed E-state index contributed by atoms with van der Waals surface area (Å²) >= 11 is 0. The molecular formula is C31H39N7O4. The quantitative estimate of drug-likeness (QED) is 0.341. The van der Waals surface area contributed by atoms with Gasteiger partial charge in [0, 0.05) is 50.1 Å². The molecule has 11 nitrogen and oxygen atoms in total. The Hall–Kier alpha value is -3.83. The lowest BCUT2D eigenvalue weighted by atomic mass is 9.88. The summed E-state index contributed by atoms with van der Waals surface area (Å²) in [7, 11) is 0. The molecule has 0 saturated carbocycles. The molecule has 1 atom stereocenters. The third-order valence-electron chi connectivity index (χ3n) is 7.90. The Morgan fingerprint density at radius 1 is 1.14 bits per heavy atom. The standard InChI is InChI=1S/C31H39N7O4/c1-31(2,3)42-30(40)36-14-10-22(11-15-36)23-7-8-25-24(18-23)28(35-38(25)27-6-4-5-17-41-27)29-32-13-9-26(34-29)37-20-21(12-16-39)19-33-37/h7-9,13,18-20,22,27,39H,4-6,10-12,14-17H2,1-3H3. The number of carbonyl (C=O) groups excluding carboxylic acids is 1. The first-order valence-electron chi connectivity index (χ1n) is 14.9. The van der Waals surface area contributed by atoms with Crippen molar-refractivity contribution in [1.82, 2.24) is 34.4 Å². The number of fused-ring (bicyclic) bond motifs is 1. The van der Waals surface area contributed by atoms with Crippen molar-refractivity contribution >= 4 is 17.0 Å². The van der Waals surface area contributed by atoms with E-state index in [9.17, 15) is 9.90 Å². The van der Waals surface area contributed by atoms with E-state index in [0.29, 0.717) is 42.8 Å². The maximum atomic E-state index is 12.6. The van der Waals surface area contributed by atoms with Crippen LogP contribution in [0.25, 0.3) is 28.2 Å². The minimum Gasteiger partial charge on any atom is -0.444 e. The molecule has 3 aromatic heterocycles. The summed E-state index contributed by atoms with van der Waals surface area (Å²) in [5, 5.41) is 19.7. The van der Waals surface area contributed by atoms with E-state index in [-0.39, 0.29) is 18.9 Å². The van der Waals surface area contributed by atoms with Crippen LogP contribution in [0.1, 0.15) is 76.1 Å². The number of hydrogen-bond donors (Lipinski definition) is 1. The molecule has 0 spiro atoms. The topological polar surface area (TPSA) is 120 Å². The summed E-state index contributed by atoms with van der Waals surface area (Å²) < 4.78 is 15.4. The Morgan fingerprint density at radius 3 is 2.71 bits per heavy atom. The van der Waals surface area contributed by atoms with Gasteiger partial charge in [0.2, 0.25) is 0 Å². The second-order valence-corrected chi connectivity index (χ2v) is 12.1.